The molecule has 1 N–H and O–H groups in total. The number of alkyl halides is 3. The number of hydrogen-bond donors (Lipinski definition) is 1. The van der Waals surface area contributed by atoms with Gasteiger partial charge in [0.05, 0.1) is 24.5 Å². The number of aryl methyl sites for hydroxylation is 1. The van der Waals surface area contributed by atoms with Crippen LogP contribution in [0.25, 0.3) is 0 Å². The third-order valence-corrected chi connectivity index (χ3v) is 3.68. The van der Waals surface area contributed by atoms with Crippen LogP contribution in [-0.4, -0.2) is 20.8 Å². The van der Waals surface area contributed by atoms with E-state index >= 15 is 0 Å². The SMILES string of the molecule is Cc1ncn(C[C@H](O)Cc2ccc(C(F)(F)F)cc2)c(=O)c1C. The first-order chi connectivity index (χ1) is 10.7. The van der Waals surface area contributed by atoms with Crippen molar-refractivity contribution in [3.8, 4) is 0 Å². The summed E-state index contributed by atoms with van der Waals surface area (Å²) in [6.07, 6.45) is -3.76. The first-order valence-corrected chi connectivity index (χ1v) is 7.05. The van der Waals surface area contributed by atoms with Gasteiger partial charge in [-0.1, -0.05) is 12.1 Å². The number of benzene rings is 1. The van der Waals surface area contributed by atoms with E-state index < -0.39 is 17.8 Å². The molecule has 0 radical (unpaired) electrons. The fraction of sp³-hybridized carbons (Fsp3) is 0.375. The van der Waals surface area contributed by atoms with Gasteiger partial charge in [0.15, 0.2) is 0 Å². The third kappa shape index (κ3) is 4.19. The topological polar surface area (TPSA) is 55.1 Å². The van der Waals surface area contributed by atoms with Crippen molar-refractivity contribution in [3.05, 3.63) is 63.3 Å². The summed E-state index contributed by atoms with van der Waals surface area (Å²) in [6.45, 7) is 3.41. The molecular formula is C16H17F3N2O2. The average molecular weight is 326 g/mol. The van der Waals surface area contributed by atoms with Crippen molar-refractivity contribution in [3.63, 3.8) is 0 Å². The molecule has 124 valence electrons. The van der Waals surface area contributed by atoms with E-state index in [0.29, 0.717) is 16.8 Å². The minimum Gasteiger partial charge on any atom is -0.391 e. The quantitative estimate of drug-likeness (QED) is 0.939. The van der Waals surface area contributed by atoms with Crippen molar-refractivity contribution in [2.75, 3.05) is 0 Å². The molecule has 2 aromatic rings. The van der Waals surface area contributed by atoms with Gasteiger partial charge in [-0.25, -0.2) is 4.98 Å². The molecule has 1 aromatic carbocycles. The number of aromatic nitrogens is 2. The summed E-state index contributed by atoms with van der Waals surface area (Å²) >= 11 is 0. The Morgan fingerprint density at radius 3 is 2.39 bits per heavy atom. The zero-order chi connectivity index (χ0) is 17.2. The van der Waals surface area contributed by atoms with E-state index in [9.17, 15) is 23.1 Å². The monoisotopic (exact) mass is 326 g/mol. The van der Waals surface area contributed by atoms with Gasteiger partial charge >= 0.3 is 6.18 Å². The zero-order valence-corrected chi connectivity index (χ0v) is 12.8. The maximum absolute atomic E-state index is 12.5. The van der Waals surface area contributed by atoms with E-state index in [4.69, 9.17) is 0 Å². The Kier molecular flexibility index (Phi) is 4.89. The summed E-state index contributed by atoms with van der Waals surface area (Å²) in [5.74, 6) is 0. The summed E-state index contributed by atoms with van der Waals surface area (Å²) in [7, 11) is 0. The van der Waals surface area contributed by atoms with Gasteiger partial charge < -0.3 is 5.11 Å². The molecule has 4 nitrogen and oxygen atoms in total. The number of rotatable bonds is 4. The van der Waals surface area contributed by atoms with Crippen LogP contribution in [0.5, 0.6) is 0 Å². The normalized spacial score (nSPS) is 13.1. The molecule has 0 saturated carbocycles. The van der Waals surface area contributed by atoms with Gasteiger partial charge in [-0.15, -0.1) is 0 Å². The van der Waals surface area contributed by atoms with Crippen molar-refractivity contribution in [1.29, 1.82) is 0 Å². The van der Waals surface area contributed by atoms with Gasteiger partial charge in [-0.05, 0) is 31.5 Å². The smallest absolute Gasteiger partial charge is 0.391 e. The molecule has 2 rings (SSSR count). The highest BCUT2D eigenvalue weighted by atomic mass is 19.4. The first kappa shape index (κ1) is 17.2. The third-order valence-electron chi connectivity index (χ3n) is 3.68. The Morgan fingerprint density at radius 2 is 1.83 bits per heavy atom. The highest BCUT2D eigenvalue weighted by molar-refractivity contribution is 5.25. The lowest BCUT2D eigenvalue weighted by Gasteiger charge is -2.14. The van der Waals surface area contributed by atoms with E-state index in [1.165, 1.54) is 23.0 Å². The minimum atomic E-state index is -4.38. The van der Waals surface area contributed by atoms with Crippen LogP contribution in [0, 0.1) is 13.8 Å². The molecule has 0 aliphatic carbocycles. The van der Waals surface area contributed by atoms with Crippen LogP contribution in [-0.2, 0) is 19.1 Å². The van der Waals surface area contributed by atoms with Crippen LogP contribution in [0.3, 0.4) is 0 Å². The van der Waals surface area contributed by atoms with Gasteiger partial charge in [0.1, 0.15) is 0 Å². The Bertz CT molecular complexity index is 736. The van der Waals surface area contributed by atoms with Gasteiger partial charge in [-0.2, -0.15) is 13.2 Å². The molecule has 1 aromatic heterocycles. The highest BCUT2D eigenvalue weighted by Crippen LogP contribution is 2.29. The van der Waals surface area contributed by atoms with E-state index in [1.54, 1.807) is 13.8 Å². The molecule has 1 heterocycles. The number of halogens is 3. The van der Waals surface area contributed by atoms with Crippen molar-refractivity contribution < 1.29 is 18.3 Å². The molecule has 0 aliphatic rings. The maximum Gasteiger partial charge on any atom is 0.416 e. The lowest BCUT2D eigenvalue weighted by atomic mass is 10.1. The van der Waals surface area contributed by atoms with Crippen LogP contribution >= 0.6 is 0 Å². The number of hydrogen-bond acceptors (Lipinski definition) is 3. The van der Waals surface area contributed by atoms with E-state index in [1.807, 2.05) is 0 Å². The number of nitrogens with zero attached hydrogens (tertiary/aromatic N) is 2. The first-order valence-electron chi connectivity index (χ1n) is 7.05. The van der Waals surface area contributed by atoms with Gasteiger partial charge in [0.2, 0.25) is 0 Å². The van der Waals surface area contributed by atoms with Crippen LogP contribution < -0.4 is 5.56 Å². The molecule has 0 unspecified atom stereocenters. The second-order valence-corrected chi connectivity index (χ2v) is 5.47. The summed E-state index contributed by atoms with van der Waals surface area (Å²) in [6, 6.07) is 4.61. The Balaban J connectivity index is 2.07. The molecule has 0 spiro atoms. The van der Waals surface area contributed by atoms with Crippen molar-refractivity contribution in [2.24, 2.45) is 0 Å². The summed E-state index contributed by atoms with van der Waals surface area (Å²) in [4.78, 5) is 16.1. The lowest BCUT2D eigenvalue weighted by molar-refractivity contribution is -0.137. The van der Waals surface area contributed by atoms with Crippen LogP contribution in [0.2, 0.25) is 0 Å². The molecule has 0 aliphatic heterocycles. The van der Waals surface area contributed by atoms with E-state index in [0.717, 1.165) is 12.1 Å². The summed E-state index contributed by atoms with van der Waals surface area (Å²) in [5, 5.41) is 10.1. The zero-order valence-electron chi connectivity index (χ0n) is 12.8. The highest BCUT2D eigenvalue weighted by Gasteiger charge is 2.29. The Morgan fingerprint density at radius 1 is 1.22 bits per heavy atom. The van der Waals surface area contributed by atoms with Crippen molar-refractivity contribution in [1.82, 2.24) is 9.55 Å². The largest absolute Gasteiger partial charge is 0.416 e. The molecule has 7 heteroatoms. The van der Waals surface area contributed by atoms with Crippen LogP contribution in [0.15, 0.2) is 35.4 Å². The second-order valence-electron chi connectivity index (χ2n) is 5.47. The molecule has 23 heavy (non-hydrogen) atoms. The van der Waals surface area contributed by atoms with E-state index in [2.05, 4.69) is 4.98 Å². The van der Waals surface area contributed by atoms with Crippen LogP contribution in [0.1, 0.15) is 22.4 Å². The average Bonchev–Trinajstić information content (AvgIpc) is 2.47. The summed E-state index contributed by atoms with van der Waals surface area (Å²) < 4.78 is 38.8. The Labute approximate surface area is 131 Å². The fourth-order valence-corrected chi connectivity index (χ4v) is 2.20. The number of aliphatic hydroxyl groups excluding tert-OH is 1. The Hall–Kier alpha value is -2.15. The maximum atomic E-state index is 12.5. The minimum absolute atomic E-state index is 0.0357. The van der Waals surface area contributed by atoms with E-state index in [-0.39, 0.29) is 18.5 Å². The molecule has 0 bridgehead atoms. The molecule has 0 fully saturated rings. The van der Waals surface area contributed by atoms with Crippen LogP contribution in [0.4, 0.5) is 13.2 Å². The number of aliphatic hydroxyl groups is 1. The second kappa shape index (κ2) is 6.54. The predicted molar refractivity (Wildman–Crippen MR) is 79.1 cm³/mol. The van der Waals surface area contributed by atoms with Gasteiger partial charge in [0.25, 0.3) is 5.56 Å². The molecule has 1 atom stereocenters. The molecular weight excluding hydrogens is 309 g/mol. The molecule has 0 saturated heterocycles. The standard InChI is InChI=1S/C16H17F3N2O2/c1-10-11(2)20-9-21(15(10)23)8-14(22)7-12-3-5-13(6-4-12)16(17,18)19/h3-6,9,14,22H,7-8H2,1-2H3/t14-/m1/s1. The van der Waals surface area contributed by atoms with Gasteiger partial charge in [0, 0.05) is 17.7 Å². The molecule has 0 amide bonds. The summed E-state index contributed by atoms with van der Waals surface area (Å²) in [5.41, 5.74) is 0.738. The van der Waals surface area contributed by atoms with Gasteiger partial charge in [-0.3, -0.25) is 9.36 Å². The predicted octanol–water partition coefficient (Wildman–Crippen LogP) is 2.48. The lowest BCUT2D eigenvalue weighted by Crippen LogP contribution is -2.30. The van der Waals surface area contributed by atoms with Crippen molar-refractivity contribution >= 4 is 0 Å². The fourth-order valence-electron chi connectivity index (χ4n) is 2.20. The van der Waals surface area contributed by atoms with Crippen molar-refractivity contribution in [2.45, 2.75) is 39.1 Å².